The molecule has 3 rings (SSSR count). The fourth-order valence-electron chi connectivity index (χ4n) is 2.18. The molecule has 0 spiro atoms. The zero-order chi connectivity index (χ0) is 15.5. The van der Waals surface area contributed by atoms with E-state index in [1.807, 2.05) is 42.7 Å². The van der Waals surface area contributed by atoms with Crippen LogP contribution in [0.5, 0.6) is 0 Å². The van der Waals surface area contributed by atoms with Crippen molar-refractivity contribution in [2.45, 2.75) is 11.1 Å². The summed E-state index contributed by atoms with van der Waals surface area (Å²) in [4.78, 5) is 13.1. The lowest BCUT2D eigenvalue weighted by Crippen LogP contribution is -2.05. The number of benzene rings is 1. The number of thioether (sulfide) groups is 1. The number of hydrogen-bond acceptors (Lipinski definition) is 5. The fourth-order valence-corrected chi connectivity index (χ4v) is 2.81. The second-order valence-electron chi connectivity index (χ2n) is 4.59. The third kappa shape index (κ3) is 2.89. The van der Waals surface area contributed by atoms with Crippen molar-refractivity contribution in [1.82, 2.24) is 15.0 Å². The number of aromatic nitrogens is 3. The summed E-state index contributed by atoms with van der Waals surface area (Å²) in [6.45, 7) is 0. The quantitative estimate of drug-likeness (QED) is 0.412. The Labute approximate surface area is 137 Å². The summed E-state index contributed by atoms with van der Waals surface area (Å²) >= 11 is 7.40. The van der Waals surface area contributed by atoms with Crippen molar-refractivity contribution >= 4 is 34.3 Å². The molecule has 0 amide bonds. The van der Waals surface area contributed by atoms with Gasteiger partial charge in [-0.2, -0.15) is 5.26 Å². The van der Waals surface area contributed by atoms with E-state index in [2.05, 4.69) is 21.0 Å². The predicted molar refractivity (Wildman–Crippen MR) is 88.0 cm³/mol. The predicted octanol–water partition coefficient (Wildman–Crippen LogP) is 4.06. The minimum absolute atomic E-state index is 0.329. The van der Waals surface area contributed by atoms with Crippen molar-refractivity contribution in [2.24, 2.45) is 0 Å². The lowest BCUT2D eigenvalue weighted by atomic mass is 10.0. The van der Waals surface area contributed by atoms with Crippen LogP contribution in [-0.2, 0) is 0 Å². The van der Waals surface area contributed by atoms with Gasteiger partial charge in [0, 0.05) is 5.39 Å². The lowest BCUT2D eigenvalue weighted by Gasteiger charge is -2.10. The van der Waals surface area contributed by atoms with Gasteiger partial charge in [-0.05, 0) is 24.5 Å². The van der Waals surface area contributed by atoms with Crippen LogP contribution < -0.4 is 0 Å². The molecule has 0 bridgehead atoms. The first-order valence-corrected chi connectivity index (χ1v) is 8.15. The average molecular weight is 327 g/mol. The molecule has 2 heterocycles. The number of rotatable bonds is 3. The van der Waals surface area contributed by atoms with Gasteiger partial charge in [-0.3, -0.25) is 4.98 Å². The van der Waals surface area contributed by atoms with Crippen LogP contribution in [0, 0.1) is 11.3 Å². The minimum atomic E-state index is -0.573. The highest BCUT2D eigenvalue weighted by atomic mass is 35.5. The third-order valence-corrected chi connectivity index (χ3v) is 3.96. The van der Waals surface area contributed by atoms with Crippen LogP contribution in [0.3, 0.4) is 0 Å². The second-order valence-corrected chi connectivity index (χ2v) is 5.75. The Balaban J connectivity index is 2.10. The Hall–Kier alpha value is -2.16. The molecule has 22 heavy (non-hydrogen) atoms. The molecule has 1 atom stereocenters. The summed E-state index contributed by atoms with van der Waals surface area (Å²) < 4.78 is 0. The van der Waals surface area contributed by atoms with E-state index in [0.717, 1.165) is 10.9 Å². The molecule has 2 aromatic heterocycles. The van der Waals surface area contributed by atoms with Gasteiger partial charge in [0.1, 0.15) is 11.1 Å². The van der Waals surface area contributed by atoms with Crippen molar-refractivity contribution in [3.8, 4) is 6.07 Å². The van der Waals surface area contributed by atoms with E-state index in [0.29, 0.717) is 21.7 Å². The van der Waals surface area contributed by atoms with Crippen LogP contribution in [0.4, 0.5) is 0 Å². The molecular weight excluding hydrogens is 316 g/mol. The molecule has 3 aromatic rings. The first-order valence-electron chi connectivity index (χ1n) is 6.55. The van der Waals surface area contributed by atoms with Crippen LogP contribution >= 0.6 is 23.4 Å². The number of para-hydroxylation sites is 1. The van der Waals surface area contributed by atoms with Crippen molar-refractivity contribution < 1.29 is 0 Å². The Morgan fingerprint density at radius 2 is 1.91 bits per heavy atom. The van der Waals surface area contributed by atoms with Crippen LogP contribution in [0.15, 0.2) is 47.6 Å². The number of halogens is 1. The number of nitriles is 1. The number of pyridine rings is 1. The van der Waals surface area contributed by atoms with Gasteiger partial charge in [0.2, 0.25) is 0 Å². The molecule has 0 unspecified atom stereocenters. The van der Waals surface area contributed by atoms with E-state index in [1.165, 1.54) is 11.8 Å². The van der Waals surface area contributed by atoms with Crippen molar-refractivity contribution in [1.29, 1.82) is 5.26 Å². The minimum Gasteiger partial charge on any atom is -0.251 e. The Morgan fingerprint density at radius 1 is 1.09 bits per heavy atom. The van der Waals surface area contributed by atoms with Gasteiger partial charge in [-0.1, -0.05) is 47.6 Å². The SMILES string of the molecule is CSc1nc(Cl)cc([C@@H](C#N)c2ccc3ccccc3n2)n1. The molecule has 4 nitrogen and oxygen atoms in total. The maximum absolute atomic E-state index is 9.56. The highest BCUT2D eigenvalue weighted by Gasteiger charge is 2.18. The normalized spacial score (nSPS) is 12.0. The summed E-state index contributed by atoms with van der Waals surface area (Å²) in [7, 11) is 0. The summed E-state index contributed by atoms with van der Waals surface area (Å²) in [6.07, 6.45) is 1.87. The number of fused-ring (bicyclic) bond motifs is 1. The monoisotopic (exact) mass is 326 g/mol. The molecule has 108 valence electrons. The summed E-state index contributed by atoms with van der Waals surface area (Å²) in [5, 5.41) is 11.5. The van der Waals surface area contributed by atoms with Gasteiger partial charge in [-0.25, -0.2) is 9.97 Å². The van der Waals surface area contributed by atoms with Crippen LogP contribution in [0.2, 0.25) is 5.15 Å². The van der Waals surface area contributed by atoms with Crippen LogP contribution in [0.25, 0.3) is 10.9 Å². The Kier molecular flexibility index (Phi) is 4.23. The van der Waals surface area contributed by atoms with Crippen molar-refractivity contribution in [2.75, 3.05) is 6.26 Å². The van der Waals surface area contributed by atoms with Gasteiger partial charge in [0.15, 0.2) is 5.16 Å². The number of nitrogens with zero attached hydrogens (tertiary/aromatic N) is 4. The molecule has 0 saturated heterocycles. The largest absolute Gasteiger partial charge is 0.251 e. The molecule has 0 radical (unpaired) electrons. The lowest BCUT2D eigenvalue weighted by molar-refractivity contribution is 0.849. The van der Waals surface area contributed by atoms with E-state index in [9.17, 15) is 5.26 Å². The molecule has 6 heteroatoms. The smallest absolute Gasteiger partial charge is 0.188 e. The third-order valence-electron chi connectivity index (χ3n) is 3.22. The molecule has 0 aliphatic heterocycles. The van der Waals surface area contributed by atoms with Crippen LogP contribution in [0.1, 0.15) is 17.3 Å². The molecular formula is C16H11ClN4S. The number of hydrogen-bond donors (Lipinski definition) is 0. The molecule has 0 aliphatic carbocycles. The average Bonchev–Trinajstić information content (AvgIpc) is 2.55. The second kappa shape index (κ2) is 6.30. The molecule has 1 aromatic carbocycles. The van der Waals surface area contributed by atoms with Gasteiger partial charge in [-0.15, -0.1) is 0 Å². The van der Waals surface area contributed by atoms with E-state index in [-0.39, 0.29) is 0 Å². The van der Waals surface area contributed by atoms with Gasteiger partial charge < -0.3 is 0 Å². The van der Waals surface area contributed by atoms with E-state index in [4.69, 9.17) is 11.6 Å². The van der Waals surface area contributed by atoms with Gasteiger partial charge in [0.25, 0.3) is 0 Å². The summed E-state index contributed by atoms with van der Waals surface area (Å²) in [5.74, 6) is -0.573. The first-order chi connectivity index (χ1) is 10.7. The Bertz CT molecular complexity index is 875. The van der Waals surface area contributed by atoms with E-state index < -0.39 is 5.92 Å². The van der Waals surface area contributed by atoms with E-state index in [1.54, 1.807) is 6.07 Å². The zero-order valence-corrected chi connectivity index (χ0v) is 13.3. The van der Waals surface area contributed by atoms with E-state index >= 15 is 0 Å². The molecule has 0 saturated carbocycles. The highest BCUT2D eigenvalue weighted by molar-refractivity contribution is 7.98. The first kappa shape index (κ1) is 14.8. The molecule has 0 N–H and O–H groups in total. The maximum Gasteiger partial charge on any atom is 0.188 e. The standard InChI is InChI=1S/C16H11ClN4S/c1-22-16-20-14(8-15(17)21-16)11(9-18)13-7-6-10-4-2-3-5-12(10)19-13/h2-8,11H,1H3/t11-/m0/s1. The molecule has 0 fully saturated rings. The molecule has 0 aliphatic rings. The Morgan fingerprint density at radius 3 is 2.68 bits per heavy atom. The zero-order valence-electron chi connectivity index (χ0n) is 11.7. The van der Waals surface area contributed by atoms with Crippen molar-refractivity contribution in [3.05, 3.63) is 59.0 Å². The summed E-state index contributed by atoms with van der Waals surface area (Å²) in [5.41, 5.74) is 2.07. The topological polar surface area (TPSA) is 62.5 Å². The van der Waals surface area contributed by atoms with Crippen molar-refractivity contribution in [3.63, 3.8) is 0 Å². The maximum atomic E-state index is 9.56. The van der Waals surface area contributed by atoms with Crippen LogP contribution in [-0.4, -0.2) is 21.2 Å². The summed E-state index contributed by atoms with van der Waals surface area (Å²) in [6, 6.07) is 15.5. The highest BCUT2D eigenvalue weighted by Crippen LogP contribution is 2.26. The fraction of sp³-hybridized carbons (Fsp3) is 0.125. The van der Waals surface area contributed by atoms with Gasteiger partial charge in [0.05, 0.1) is 23.0 Å². The van der Waals surface area contributed by atoms with Gasteiger partial charge >= 0.3 is 0 Å².